The standard InChI is InChI=1S/C20H25N3O4S/c1-3-19(24)21-20-15(2)22-27-18(20)12-9-16-7-10-17(11-8-16)28(25,26)23-13-5-4-6-14-23/h7-12H,3-6,13-14H2,1-2H3,(H,21,24). The zero-order valence-corrected chi connectivity index (χ0v) is 17.0. The third-order valence-corrected chi connectivity index (χ3v) is 6.65. The molecule has 1 amide bonds. The molecule has 0 radical (unpaired) electrons. The highest BCUT2D eigenvalue weighted by Gasteiger charge is 2.25. The maximum absolute atomic E-state index is 12.7. The van der Waals surface area contributed by atoms with E-state index in [0.717, 1.165) is 24.8 Å². The number of sulfonamides is 1. The highest BCUT2D eigenvalue weighted by molar-refractivity contribution is 7.89. The number of hydrogen-bond acceptors (Lipinski definition) is 5. The van der Waals surface area contributed by atoms with Gasteiger partial charge >= 0.3 is 0 Å². The molecule has 1 aromatic heterocycles. The Labute approximate surface area is 165 Å². The summed E-state index contributed by atoms with van der Waals surface area (Å²) in [5.41, 5.74) is 1.97. The number of benzene rings is 1. The van der Waals surface area contributed by atoms with Gasteiger partial charge in [-0.1, -0.05) is 36.7 Å². The average Bonchev–Trinajstić information content (AvgIpc) is 3.06. The first kappa shape index (κ1) is 20.3. The van der Waals surface area contributed by atoms with E-state index >= 15 is 0 Å². The molecule has 1 fully saturated rings. The van der Waals surface area contributed by atoms with Gasteiger partial charge in [-0.3, -0.25) is 4.79 Å². The minimum atomic E-state index is -3.43. The molecule has 1 aliphatic heterocycles. The number of aryl methyl sites for hydroxylation is 1. The Hall–Kier alpha value is -2.45. The molecule has 8 heteroatoms. The molecule has 0 atom stereocenters. The number of piperidine rings is 1. The molecule has 2 aromatic rings. The van der Waals surface area contributed by atoms with Gasteiger partial charge in [0.15, 0.2) is 5.76 Å². The number of anilines is 1. The first-order chi connectivity index (χ1) is 13.4. The van der Waals surface area contributed by atoms with Crippen LogP contribution in [0, 0.1) is 6.92 Å². The van der Waals surface area contributed by atoms with Crippen LogP contribution in [0.4, 0.5) is 5.69 Å². The smallest absolute Gasteiger partial charge is 0.243 e. The molecular formula is C20H25N3O4S. The quantitative estimate of drug-likeness (QED) is 0.794. The second-order valence-corrected chi connectivity index (χ2v) is 8.71. The molecule has 0 aliphatic carbocycles. The van der Waals surface area contributed by atoms with Crippen molar-refractivity contribution >= 4 is 33.8 Å². The summed E-state index contributed by atoms with van der Waals surface area (Å²) in [6.07, 6.45) is 6.76. The Bertz CT molecular complexity index is 956. The minimum Gasteiger partial charge on any atom is -0.354 e. The molecular weight excluding hydrogens is 378 g/mol. The molecule has 2 heterocycles. The van der Waals surface area contributed by atoms with Gasteiger partial charge in [0.05, 0.1) is 4.90 Å². The molecule has 0 unspecified atom stereocenters. The number of nitrogens with zero attached hydrogens (tertiary/aromatic N) is 2. The van der Waals surface area contributed by atoms with Crippen molar-refractivity contribution in [2.45, 2.75) is 44.4 Å². The zero-order valence-electron chi connectivity index (χ0n) is 16.1. The summed E-state index contributed by atoms with van der Waals surface area (Å²) in [4.78, 5) is 12.0. The molecule has 1 N–H and O–H groups in total. The molecule has 0 saturated carbocycles. The largest absolute Gasteiger partial charge is 0.354 e. The highest BCUT2D eigenvalue weighted by Crippen LogP contribution is 2.24. The third-order valence-electron chi connectivity index (χ3n) is 4.73. The van der Waals surface area contributed by atoms with E-state index in [1.165, 1.54) is 0 Å². The van der Waals surface area contributed by atoms with Crippen molar-refractivity contribution in [3.63, 3.8) is 0 Å². The predicted molar refractivity (Wildman–Crippen MR) is 108 cm³/mol. The van der Waals surface area contributed by atoms with Crippen molar-refractivity contribution in [2.24, 2.45) is 0 Å². The SMILES string of the molecule is CCC(=O)Nc1c(C)noc1C=Cc1ccc(S(=O)(=O)N2CCCCC2)cc1. The molecule has 1 aromatic carbocycles. The predicted octanol–water partition coefficient (Wildman–Crippen LogP) is 3.68. The Kier molecular flexibility index (Phi) is 6.31. The summed E-state index contributed by atoms with van der Waals surface area (Å²) in [6.45, 7) is 4.70. The number of rotatable bonds is 6. The van der Waals surface area contributed by atoms with Crippen molar-refractivity contribution in [3.05, 3.63) is 41.3 Å². The van der Waals surface area contributed by atoms with Crippen LogP contribution in [0.3, 0.4) is 0 Å². The van der Waals surface area contributed by atoms with Gasteiger partial charge in [-0.15, -0.1) is 0 Å². The summed E-state index contributed by atoms with van der Waals surface area (Å²) >= 11 is 0. The normalized spacial score (nSPS) is 15.8. The first-order valence-electron chi connectivity index (χ1n) is 9.46. The topological polar surface area (TPSA) is 92.5 Å². The maximum Gasteiger partial charge on any atom is 0.243 e. The molecule has 0 spiro atoms. The third kappa shape index (κ3) is 4.51. The zero-order chi connectivity index (χ0) is 20.1. The van der Waals surface area contributed by atoms with E-state index in [4.69, 9.17) is 4.52 Å². The number of amides is 1. The molecule has 3 rings (SSSR count). The molecule has 28 heavy (non-hydrogen) atoms. The van der Waals surface area contributed by atoms with Crippen molar-refractivity contribution in [3.8, 4) is 0 Å². The van der Waals surface area contributed by atoms with Crippen LogP contribution in [-0.4, -0.2) is 36.9 Å². The lowest BCUT2D eigenvalue weighted by atomic mass is 10.2. The van der Waals surface area contributed by atoms with E-state index in [1.54, 1.807) is 54.6 Å². The van der Waals surface area contributed by atoms with Crippen LogP contribution in [0.2, 0.25) is 0 Å². The van der Waals surface area contributed by atoms with E-state index < -0.39 is 10.0 Å². The Morgan fingerprint density at radius 3 is 2.50 bits per heavy atom. The van der Waals surface area contributed by atoms with Gasteiger partial charge in [0, 0.05) is 19.5 Å². The highest BCUT2D eigenvalue weighted by atomic mass is 32.2. The summed E-state index contributed by atoms with van der Waals surface area (Å²) < 4.78 is 32.2. The second-order valence-electron chi connectivity index (χ2n) is 6.78. The van der Waals surface area contributed by atoms with Crippen LogP contribution in [0.25, 0.3) is 12.2 Å². The molecule has 150 valence electrons. The lowest BCUT2D eigenvalue weighted by Gasteiger charge is -2.25. The van der Waals surface area contributed by atoms with Gasteiger partial charge in [0.1, 0.15) is 11.4 Å². The Balaban J connectivity index is 1.75. The molecule has 1 aliphatic rings. The average molecular weight is 404 g/mol. The summed E-state index contributed by atoms with van der Waals surface area (Å²) in [5.74, 6) is 0.331. The van der Waals surface area contributed by atoms with Crippen LogP contribution in [0.5, 0.6) is 0 Å². The van der Waals surface area contributed by atoms with Gasteiger partial charge in [0.25, 0.3) is 0 Å². The van der Waals surface area contributed by atoms with Crippen LogP contribution >= 0.6 is 0 Å². The van der Waals surface area contributed by atoms with Crippen LogP contribution in [-0.2, 0) is 14.8 Å². The van der Waals surface area contributed by atoms with Gasteiger partial charge in [-0.2, -0.15) is 4.31 Å². The van der Waals surface area contributed by atoms with Crippen molar-refractivity contribution in [1.29, 1.82) is 0 Å². The molecule has 0 bridgehead atoms. The summed E-state index contributed by atoms with van der Waals surface area (Å²) in [5, 5.41) is 6.67. The second kappa shape index (κ2) is 8.70. The maximum atomic E-state index is 12.7. The van der Waals surface area contributed by atoms with E-state index in [0.29, 0.717) is 41.5 Å². The van der Waals surface area contributed by atoms with E-state index in [-0.39, 0.29) is 5.91 Å². The van der Waals surface area contributed by atoms with Crippen LogP contribution < -0.4 is 5.32 Å². The number of aromatic nitrogens is 1. The number of carbonyl (C=O) groups is 1. The van der Waals surface area contributed by atoms with Crippen molar-refractivity contribution < 1.29 is 17.7 Å². The van der Waals surface area contributed by atoms with Crippen LogP contribution in [0.1, 0.15) is 49.6 Å². The van der Waals surface area contributed by atoms with Gasteiger partial charge in [-0.05, 0) is 43.5 Å². The van der Waals surface area contributed by atoms with Crippen molar-refractivity contribution in [2.75, 3.05) is 18.4 Å². The minimum absolute atomic E-state index is 0.117. The number of hydrogen-bond donors (Lipinski definition) is 1. The molecule has 7 nitrogen and oxygen atoms in total. The Morgan fingerprint density at radius 2 is 1.86 bits per heavy atom. The monoisotopic (exact) mass is 403 g/mol. The fourth-order valence-electron chi connectivity index (χ4n) is 3.06. The van der Waals surface area contributed by atoms with E-state index in [9.17, 15) is 13.2 Å². The molecule has 1 saturated heterocycles. The van der Waals surface area contributed by atoms with Crippen molar-refractivity contribution in [1.82, 2.24) is 9.46 Å². The fourth-order valence-corrected chi connectivity index (χ4v) is 4.58. The number of nitrogens with one attached hydrogen (secondary N) is 1. The van der Waals surface area contributed by atoms with E-state index in [1.807, 2.05) is 0 Å². The first-order valence-corrected chi connectivity index (χ1v) is 10.9. The number of carbonyl (C=O) groups excluding carboxylic acids is 1. The lowest BCUT2D eigenvalue weighted by Crippen LogP contribution is -2.35. The van der Waals surface area contributed by atoms with E-state index in [2.05, 4.69) is 10.5 Å². The summed E-state index contributed by atoms with van der Waals surface area (Å²) in [6, 6.07) is 6.74. The van der Waals surface area contributed by atoms with Crippen LogP contribution in [0.15, 0.2) is 33.7 Å². The van der Waals surface area contributed by atoms with Gasteiger partial charge in [-0.25, -0.2) is 8.42 Å². The summed E-state index contributed by atoms with van der Waals surface area (Å²) in [7, 11) is -3.43. The lowest BCUT2D eigenvalue weighted by molar-refractivity contribution is -0.115. The van der Waals surface area contributed by atoms with Gasteiger partial charge < -0.3 is 9.84 Å². The van der Waals surface area contributed by atoms with Gasteiger partial charge in [0.2, 0.25) is 15.9 Å². The Morgan fingerprint density at radius 1 is 1.18 bits per heavy atom. The fraction of sp³-hybridized carbons (Fsp3) is 0.400.